The van der Waals surface area contributed by atoms with E-state index in [2.05, 4.69) is 9.97 Å². The number of hydrogen-bond acceptors (Lipinski definition) is 4. The third-order valence-corrected chi connectivity index (χ3v) is 4.60. The first kappa shape index (κ1) is 12.9. The van der Waals surface area contributed by atoms with Crippen molar-refractivity contribution in [2.24, 2.45) is 0 Å². The van der Waals surface area contributed by atoms with Gasteiger partial charge in [-0.05, 0) is 18.2 Å². The van der Waals surface area contributed by atoms with Crippen LogP contribution in [0.5, 0.6) is 5.75 Å². The molecule has 2 aromatic heterocycles. The van der Waals surface area contributed by atoms with Crippen LogP contribution < -0.4 is 0 Å². The number of phenols is 1. The Bertz CT molecular complexity index is 729. The smallest absolute Gasteiger partial charge is 0.146 e. The first-order valence-corrected chi connectivity index (χ1v) is 7.11. The normalized spacial score (nSPS) is 11.1. The molecule has 0 aliphatic heterocycles. The molecule has 3 nitrogen and oxygen atoms in total. The zero-order valence-electron chi connectivity index (χ0n) is 9.19. The van der Waals surface area contributed by atoms with Crippen molar-refractivity contribution < 1.29 is 5.11 Å². The molecule has 96 valence electrons. The Labute approximate surface area is 127 Å². The number of pyridine rings is 1. The van der Waals surface area contributed by atoms with E-state index in [1.807, 2.05) is 6.07 Å². The van der Waals surface area contributed by atoms with E-state index in [-0.39, 0.29) is 20.8 Å². The second-order valence-electron chi connectivity index (χ2n) is 3.72. The van der Waals surface area contributed by atoms with Crippen molar-refractivity contribution in [3.63, 3.8) is 0 Å². The molecule has 1 aromatic carbocycles. The lowest BCUT2D eigenvalue weighted by atomic mass is 10.2. The average Bonchev–Trinajstić information content (AvgIpc) is 2.80. The van der Waals surface area contributed by atoms with Crippen molar-refractivity contribution in [3.8, 4) is 16.3 Å². The number of nitrogens with zero attached hydrogens (tertiary/aromatic N) is 2. The molecule has 19 heavy (non-hydrogen) atoms. The molecule has 0 radical (unpaired) electrons. The van der Waals surface area contributed by atoms with E-state index in [9.17, 15) is 5.11 Å². The lowest BCUT2D eigenvalue weighted by molar-refractivity contribution is 0.477. The van der Waals surface area contributed by atoms with E-state index in [1.165, 1.54) is 17.4 Å². The van der Waals surface area contributed by atoms with Crippen molar-refractivity contribution in [1.82, 2.24) is 9.97 Å². The van der Waals surface area contributed by atoms with E-state index >= 15 is 0 Å². The minimum absolute atomic E-state index is 0.130. The molecule has 7 heteroatoms. The molecule has 3 aromatic rings. The third kappa shape index (κ3) is 2.15. The SMILES string of the molecule is Oc1c(Cl)cc(Cl)c(Cl)c1-c1nc2cccnc2s1. The number of halogens is 3. The second kappa shape index (κ2) is 4.80. The van der Waals surface area contributed by atoms with Crippen molar-refractivity contribution in [2.45, 2.75) is 0 Å². The van der Waals surface area contributed by atoms with Crippen molar-refractivity contribution in [2.75, 3.05) is 0 Å². The summed E-state index contributed by atoms with van der Waals surface area (Å²) >= 11 is 19.3. The molecule has 0 bridgehead atoms. The number of rotatable bonds is 1. The van der Waals surface area contributed by atoms with Crippen LogP contribution in [0.25, 0.3) is 20.9 Å². The summed E-state index contributed by atoms with van der Waals surface area (Å²) in [5, 5.41) is 11.2. The number of aromatic nitrogens is 2. The van der Waals surface area contributed by atoms with Crippen LogP contribution in [0, 0.1) is 0 Å². The fourth-order valence-electron chi connectivity index (χ4n) is 1.66. The molecule has 0 saturated heterocycles. The summed E-state index contributed by atoms with van der Waals surface area (Å²) in [6.45, 7) is 0. The number of thiazole rings is 1. The highest BCUT2D eigenvalue weighted by molar-refractivity contribution is 7.21. The Hall–Kier alpha value is -1.07. The molecule has 0 amide bonds. The van der Waals surface area contributed by atoms with Crippen molar-refractivity contribution >= 4 is 56.5 Å². The minimum Gasteiger partial charge on any atom is -0.506 e. The van der Waals surface area contributed by atoms with Gasteiger partial charge in [-0.15, -0.1) is 0 Å². The van der Waals surface area contributed by atoms with Crippen LogP contribution in [-0.2, 0) is 0 Å². The van der Waals surface area contributed by atoms with Crippen LogP contribution in [0.2, 0.25) is 15.1 Å². The van der Waals surface area contributed by atoms with E-state index in [0.717, 1.165) is 10.3 Å². The monoisotopic (exact) mass is 330 g/mol. The zero-order chi connectivity index (χ0) is 13.6. The number of hydrogen-bond donors (Lipinski definition) is 1. The maximum Gasteiger partial charge on any atom is 0.146 e. The van der Waals surface area contributed by atoms with E-state index in [4.69, 9.17) is 34.8 Å². The number of fused-ring (bicyclic) bond motifs is 1. The summed E-state index contributed by atoms with van der Waals surface area (Å²) in [5.41, 5.74) is 1.07. The summed E-state index contributed by atoms with van der Waals surface area (Å²) < 4.78 is 0. The molecule has 0 unspecified atom stereocenters. The summed E-state index contributed by atoms with van der Waals surface area (Å²) in [6.07, 6.45) is 1.68. The van der Waals surface area contributed by atoms with E-state index in [0.29, 0.717) is 10.6 Å². The Morgan fingerprint density at radius 2 is 1.95 bits per heavy atom. The number of phenolic OH excluding ortho intramolecular Hbond substituents is 1. The predicted molar refractivity (Wildman–Crippen MR) is 79.5 cm³/mol. The molecule has 0 aliphatic carbocycles. The molecule has 3 rings (SSSR count). The predicted octanol–water partition coefficient (Wildman–Crippen LogP) is 5.02. The lowest BCUT2D eigenvalue weighted by Crippen LogP contribution is -1.83. The first-order chi connectivity index (χ1) is 9.08. The van der Waals surface area contributed by atoms with Gasteiger partial charge in [0, 0.05) is 6.20 Å². The van der Waals surface area contributed by atoms with Gasteiger partial charge in [0.2, 0.25) is 0 Å². The van der Waals surface area contributed by atoms with Gasteiger partial charge in [0.05, 0.1) is 20.6 Å². The van der Waals surface area contributed by atoms with Crippen LogP contribution in [0.1, 0.15) is 0 Å². The highest BCUT2D eigenvalue weighted by Crippen LogP contribution is 2.46. The molecular formula is C12H5Cl3N2OS. The van der Waals surface area contributed by atoms with Crippen molar-refractivity contribution in [1.29, 1.82) is 0 Å². The Morgan fingerprint density at radius 3 is 2.68 bits per heavy atom. The summed E-state index contributed by atoms with van der Waals surface area (Å²) in [5.74, 6) is -0.130. The van der Waals surface area contributed by atoms with Crippen LogP contribution >= 0.6 is 46.1 Å². The van der Waals surface area contributed by atoms with Crippen LogP contribution in [0.4, 0.5) is 0 Å². The number of benzene rings is 1. The van der Waals surface area contributed by atoms with Gasteiger partial charge in [-0.1, -0.05) is 46.1 Å². The fourth-order valence-corrected chi connectivity index (χ4v) is 3.37. The molecule has 1 N–H and O–H groups in total. The third-order valence-electron chi connectivity index (χ3n) is 2.53. The highest BCUT2D eigenvalue weighted by atomic mass is 35.5. The van der Waals surface area contributed by atoms with Crippen LogP contribution in [0.15, 0.2) is 24.4 Å². The van der Waals surface area contributed by atoms with Gasteiger partial charge in [-0.3, -0.25) is 0 Å². The van der Waals surface area contributed by atoms with Gasteiger partial charge < -0.3 is 5.11 Å². The van der Waals surface area contributed by atoms with E-state index in [1.54, 1.807) is 12.3 Å². The van der Waals surface area contributed by atoms with Gasteiger partial charge in [0.25, 0.3) is 0 Å². The average molecular weight is 332 g/mol. The Balaban J connectivity index is 2.32. The van der Waals surface area contributed by atoms with E-state index < -0.39 is 0 Å². The Morgan fingerprint density at radius 1 is 1.16 bits per heavy atom. The molecule has 0 atom stereocenters. The van der Waals surface area contributed by atoms with Crippen LogP contribution in [0.3, 0.4) is 0 Å². The first-order valence-electron chi connectivity index (χ1n) is 5.16. The molecule has 0 fully saturated rings. The van der Waals surface area contributed by atoms with Gasteiger partial charge in [0.1, 0.15) is 21.1 Å². The number of aromatic hydroxyl groups is 1. The second-order valence-corrected chi connectivity index (χ2v) is 5.89. The molecule has 2 heterocycles. The Kier molecular flexibility index (Phi) is 3.27. The maximum absolute atomic E-state index is 10.1. The fraction of sp³-hybridized carbons (Fsp3) is 0. The van der Waals surface area contributed by atoms with Gasteiger partial charge in [-0.25, -0.2) is 9.97 Å². The van der Waals surface area contributed by atoms with Gasteiger partial charge >= 0.3 is 0 Å². The van der Waals surface area contributed by atoms with Gasteiger partial charge in [0.15, 0.2) is 0 Å². The maximum atomic E-state index is 10.1. The largest absolute Gasteiger partial charge is 0.506 e. The summed E-state index contributed by atoms with van der Waals surface area (Å²) in [6, 6.07) is 5.02. The van der Waals surface area contributed by atoms with Gasteiger partial charge in [-0.2, -0.15) is 0 Å². The zero-order valence-corrected chi connectivity index (χ0v) is 12.3. The topological polar surface area (TPSA) is 46.0 Å². The summed E-state index contributed by atoms with van der Waals surface area (Å²) in [4.78, 5) is 9.33. The molecule has 0 spiro atoms. The standard InChI is InChI=1S/C12H5Cl3N2OS/c13-5-4-6(14)10(18)8(9(5)15)12-17-7-2-1-3-16-11(7)19-12/h1-4,18H. The van der Waals surface area contributed by atoms with Crippen molar-refractivity contribution in [3.05, 3.63) is 39.5 Å². The highest BCUT2D eigenvalue weighted by Gasteiger charge is 2.19. The summed E-state index contributed by atoms with van der Waals surface area (Å²) in [7, 11) is 0. The quantitative estimate of drug-likeness (QED) is 0.636. The molecular weight excluding hydrogens is 327 g/mol. The lowest BCUT2D eigenvalue weighted by Gasteiger charge is -2.07. The van der Waals surface area contributed by atoms with Crippen LogP contribution in [-0.4, -0.2) is 15.1 Å². The molecule has 0 aliphatic rings. The minimum atomic E-state index is -0.130. The molecule has 0 saturated carbocycles.